The molecule has 0 radical (unpaired) electrons. The molecule has 120 valence electrons. The van der Waals surface area contributed by atoms with Crippen LogP contribution in [0.1, 0.15) is 33.2 Å². The zero-order valence-electron chi connectivity index (χ0n) is 13.9. The lowest BCUT2D eigenvalue weighted by atomic mass is 10.0. The SMILES string of the molecule is Cc1cccc(C(=O)OC(C(=O)N(C)C)c2ccccc2)c1C. The van der Waals surface area contributed by atoms with Crippen molar-refractivity contribution in [2.24, 2.45) is 0 Å². The number of hydrogen-bond acceptors (Lipinski definition) is 3. The molecule has 23 heavy (non-hydrogen) atoms. The second-order valence-electron chi connectivity index (χ2n) is 5.68. The fourth-order valence-corrected chi connectivity index (χ4v) is 2.27. The summed E-state index contributed by atoms with van der Waals surface area (Å²) < 4.78 is 5.55. The number of carbonyl (C=O) groups excluding carboxylic acids is 2. The molecule has 0 heterocycles. The molecule has 0 fully saturated rings. The van der Waals surface area contributed by atoms with E-state index in [1.54, 1.807) is 32.3 Å². The predicted octanol–water partition coefficient (Wildman–Crippen LogP) is 3.29. The minimum absolute atomic E-state index is 0.269. The molecule has 0 aliphatic rings. The largest absolute Gasteiger partial charge is 0.444 e. The number of nitrogens with zero attached hydrogens (tertiary/aromatic N) is 1. The summed E-state index contributed by atoms with van der Waals surface area (Å²) in [6.07, 6.45) is -0.946. The van der Waals surface area contributed by atoms with Gasteiger partial charge in [0, 0.05) is 19.7 Å². The summed E-state index contributed by atoms with van der Waals surface area (Å²) in [6.45, 7) is 3.81. The van der Waals surface area contributed by atoms with Crippen LogP contribution in [0, 0.1) is 13.8 Å². The molecule has 4 heteroatoms. The highest BCUT2D eigenvalue weighted by molar-refractivity contribution is 5.94. The van der Waals surface area contributed by atoms with E-state index in [0.29, 0.717) is 11.1 Å². The van der Waals surface area contributed by atoms with Gasteiger partial charge in [0.25, 0.3) is 5.91 Å². The van der Waals surface area contributed by atoms with Crippen LogP contribution < -0.4 is 0 Å². The number of likely N-dealkylation sites (N-methyl/N-ethyl adjacent to an activating group) is 1. The van der Waals surface area contributed by atoms with Crippen LogP contribution in [0.2, 0.25) is 0 Å². The predicted molar refractivity (Wildman–Crippen MR) is 89.2 cm³/mol. The van der Waals surface area contributed by atoms with E-state index in [4.69, 9.17) is 4.74 Å². The maximum Gasteiger partial charge on any atom is 0.339 e. The quantitative estimate of drug-likeness (QED) is 0.814. The molecule has 0 saturated heterocycles. The Bertz CT molecular complexity index is 708. The van der Waals surface area contributed by atoms with Gasteiger partial charge in [0.2, 0.25) is 6.10 Å². The molecule has 2 aromatic carbocycles. The van der Waals surface area contributed by atoms with Gasteiger partial charge in [-0.05, 0) is 31.0 Å². The van der Waals surface area contributed by atoms with Gasteiger partial charge in [0.15, 0.2) is 0 Å². The molecule has 1 unspecified atom stereocenters. The van der Waals surface area contributed by atoms with Crippen LogP contribution in [0.3, 0.4) is 0 Å². The Kier molecular flexibility index (Phi) is 5.16. The van der Waals surface area contributed by atoms with E-state index in [9.17, 15) is 9.59 Å². The fourth-order valence-electron chi connectivity index (χ4n) is 2.27. The first-order chi connectivity index (χ1) is 10.9. The summed E-state index contributed by atoms with van der Waals surface area (Å²) in [5, 5.41) is 0. The van der Waals surface area contributed by atoms with E-state index in [0.717, 1.165) is 11.1 Å². The average molecular weight is 311 g/mol. The second-order valence-corrected chi connectivity index (χ2v) is 5.68. The number of ether oxygens (including phenoxy) is 1. The maximum absolute atomic E-state index is 12.5. The monoisotopic (exact) mass is 311 g/mol. The van der Waals surface area contributed by atoms with Crippen molar-refractivity contribution in [1.29, 1.82) is 0 Å². The van der Waals surface area contributed by atoms with Crippen molar-refractivity contribution in [3.05, 3.63) is 70.8 Å². The summed E-state index contributed by atoms with van der Waals surface area (Å²) in [5.41, 5.74) is 3.01. The third-order valence-electron chi connectivity index (χ3n) is 3.82. The Labute approximate surface area is 136 Å². The molecule has 0 N–H and O–H groups in total. The minimum atomic E-state index is -0.946. The average Bonchev–Trinajstić information content (AvgIpc) is 2.55. The summed E-state index contributed by atoms with van der Waals surface area (Å²) >= 11 is 0. The van der Waals surface area contributed by atoms with E-state index >= 15 is 0 Å². The number of amides is 1. The van der Waals surface area contributed by atoms with Gasteiger partial charge in [-0.25, -0.2) is 4.79 Å². The normalized spacial score (nSPS) is 11.7. The zero-order chi connectivity index (χ0) is 17.0. The third-order valence-corrected chi connectivity index (χ3v) is 3.82. The van der Waals surface area contributed by atoms with Gasteiger partial charge in [-0.15, -0.1) is 0 Å². The first-order valence-electron chi connectivity index (χ1n) is 7.45. The van der Waals surface area contributed by atoms with Gasteiger partial charge in [0.1, 0.15) is 0 Å². The lowest BCUT2D eigenvalue weighted by Gasteiger charge is -2.21. The second kappa shape index (κ2) is 7.09. The molecule has 0 spiro atoms. The van der Waals surface area contributed by atoms with Crippen LogP contribution in [0.15, 0.2) is 48.5 Å². The Morgan fingerprint density at radius 1 is 0.957 bits per heavy atom. The minimum Gasteiger partial charge on any atom is -0.444 e. The van der Waals surface area contributed by atoms with Crippen molar-refractivity contribution in [1.82, 2.24) is 4.90 Å². The summed E-state index contributed by atoms with van der Waals surface area (Å²) in [5.74, 6) is -0.759. The molecule has 2 aromatic rings. The van der Waals surface area contributed by atoms with Crippen LogP contribution in [0.25, 0.3) is 0 Å². The molecule has 0 aliphatic carbocycles. The van der Waals surface area contributed by atoms with Gasteiger partial charge in [-0.2, -0.15) is 0 Å². The Hall–Kier alpha value is -2.62. The lowest BCUT2D eigenvalue weighted by molar-refractivity contribution is -0.138. The van der Waals surface area contributed by atoms with Gasteiger partial charge >= 0.3 is 5.97 Å². The van der Waals surface area contributed by atoms with Crippen molar-refractivity contribution >= 4 is 11.9 Å². The van der Waals surface area contributed by atoms with Crippen molar-refractivity contribution in [3.63, 3.8) is 0 Å². The molecule has 1 amide bonds. The smallest absolute Gasteiger partial charge is 0.339 e. The Morgan fingerprint density at radius 3 is 2.22 bits per heavy atom. The topological polar surface area (TPSA) is 46.6 Å². The number of aryl methyl sites for hydroxylation is 1. The number of carbonyl (C=O) groups is 2. The van der Waals surface area contributed by atoms with E-state index in [1.165, 1.54) is 4.90 Å². The van der Waals surface area contributed by atoms with Crippen LogP contribution >= 0.6 is 0 Å². The fraction of sp³-hybridized carbons (Fsp3) is 0.263. The molecular formula is C19H21NO3. The standard InChI is InChI=1S/C19H21NO3/c1-13-9-8-12-16(14(13)2)19(22)23-17(18(21)20(3)4)15-10-6-5-7-11-15/h5-12,17H,1-4H3. The number of rotatable bonds is 4. The first-order valence-corrected chi connectivity index (χ1v) is 7.45. The highest BCUT2D eigenvalue weighted by atomic mass is 16.5. The number of hydrogen-bond donors (Lipinski definition) is 0. The zero-order valence-corrected chi connectivity index (χ0v) is 13.9. The van der Waals surface area contributed by atoms with E-state index in [1.807, 2.05) is 44.2 Å². The van der Waals surface area contributed by atoms with Crippen LogP contribution in [0.4, 0.5) is 0 Å². The molecule has 0 saturated carbocycles. The highest BCUT2D eigenvalue weighted by Crippen LogP contribution is 2.23. The molecule has 0 bridgehead atoms. The van der Waals surface area contributed by atoms with Crippen molar-refractivity contribution in [2.45, 2.75) is 20.0 Å². The lowest BCUT2D eigenvalue weighted by Crippen LogP contribution is -2.31. The van der Waals surface area contributed by atoms with Crippen LogP contribution in [0.5, 0.6) is 0 Å². The molecule has 2 rings (SSSR count). The summed E-state index contributed by atoms with van der Waals surface area (Å²) in [4.78, 5) is 26.4. The summed E-state index contributed by atoms with van der Waals surface area (Å²) in [7, 11) is 3.29. The van der Waals surface area contributed by atoms with E-state index in [-0.39, 0.29) is 5.91 Å². The first kappa shape index (κ1) is 16.7. The molecule has 0 aromatic heterocycles. The van der Waals surface area contributed by atoms with Crippen molar-refractivity contribution < 1.29 is 14.3 Å². The Morgan fingerprint density at radius 2 is 1.61 bits per heavy atom. The van der Waals surface area contributed by atoms with Crippen LogP contribution in [-0.2, 0) is 9.53 Å². The molecule has 1 atom stereocenters. The van der Waals surface area contributed by atoms with Gasteiger partial charge in [0.05, 0.1) is 5.56 Å². The molecule has 0 aliphatic heterocycles. The van der Waals surface area contributed by atoms with Crippen molar-refractivity contribution in [2.75, 3.05) is 14.1 Å². The highest BCUT2D eigenvalue weighted by Gasteiger charge is 2.27. The van der Waals surface area contributed by atoms with E-state index < -0.39 is 12.1 Å². The number of esters is 1. The molecular weight excluding hydrogens is 290 g/mol. The number of benzene rings is 2. The van der Waals surface area contributed by atoms with Crippen molar-refractivity contribution in [3.8, 4) is 0 Å². The Balaban J connectivity index is 2.33. The summed E-state index contributed by atoms with van der Waals surface area (Å²) in [6, 6.07) is 14.5. The van der Waals surface area contributed by atoms with Crippen LogP contribution in [-0.4, -0.2) is 30.9 Å². The third kappa shape index (κ3) is 3.77. The van der Waals surface area contributed by atoms with Gasteiger partial charge in [-0.3, -0.25) is 4.79 Å². The maximum atomic E-state index is 12.5. The molecule has 4 nitrogen and oxygen atoms in total. The van der Waals surface area contributed by atoms with Gasteiger partial charge < -0.3 is 9.64 Å². The van der Waals surface area contributed by atoms with E-state index in [2.05, 4.69) is 0 Å². The van der Waals surface area contributed by atoms with Gasteiger partial charge in [-0.1, -0.05) is 42.5 Å².